The summed E-state index contributed by atoms with van der Waals surface area (Å²) in [6.07, 6.45) is 0.432. The van der Waals surface area contributed by atoms with Gasteiger partial charge in [0.05, 0.1) is 13.2 Å². The number of rotatable bonds is 12. The number of carbonyl (C=O) groups is 2. The van der Waals surface area contributed by atoms with Crippen molar-refractivity contribution in [3.63, 3.8) is 0 Å². The zero-order valence-electron chi connectivity index (χ0n) is 24.0. The van der Waals surface area contributed by atoms with Gasteiger partial charge < -0.3 is 18.9 Å². The molecule has 218 valence electrons. The van der Waals surface area contributed by atoms with E-state index in [0.29, 0.717) is 35.5 Å². The Bertz CT molecular complexity index is 1640. The van der Waals surface area contributed by atoms with Crippen molar-refractivity contribution in [1.82, 2.24) is 0 Å². The molecule has 5 aromatic carbocycles. The lowest BCUT2D eigenvalue weighted by Crippen LogP contribution is -2.06. The van der Waals surface area contributed by atoms with Crippen LogP contribution in [0.2, 0.25) is 0 Å². The molecular formula is C38H30O6. The molecule has 0 aromatic heterocycles. The van der Waals surface area contributed by atoms with E-state index in [0.717, 1.165) is 47.0 Å². The van der Waals surface area contributed by atoms with Crippen LogP contribution in [0.5, 0.6) is 11.5 Å². The van der Waals surface area contributed by atoms with Crippen molar-refractivity contribution in [2.75, 3.05) is 26.4 Å². The molecule has 2 aliphatic heterocycles. The topological polar surface area (TPSA) is 77.7 Å². The summed E-state index contributed by atoms with van der Waals surface area (Å²) >= 11 is 0. The zero-order valence-corrected chi connectivity index (χ0v) is 24.0. The first-order chi connectivity index (χ1) is 21.6. The second kappa shape index (κ2) is 12.3. The predicted octanol–water partition coefficient (Wildman–Crippen LogP) is 7.04. The van der Waals surface area contributed by atoms with Gasteiger partial charge in [0, 0.05) is 22.3 Å². The summed E-state index contributed by atoms with van der Waals surface area (Å²) in [5, 5.41) is 0. The molecule has 5 aromatic rings. The average molecular weight is 583 g/mol. The molecule has 6 heteroatoms. The zero-order chi connectivity index (χ0) is 29.9. The maximum absolute atomic E-state index is 13.3. The first kappa shape index (κ1) is 27.8. The van der Waals surface area contributed by atoms with Gasteiger partial charge in [0.1, 0.15) is 36.9 Å². The summed E-state index contributed by atoms with van der Waals surface area (Å²) in [5.41, 5.74) is 6.12. The smallest absolute Gasteiger partial charge is 0.193 e. The lowest BCUT2D eigenvalue weighted by Gasteiger charge is -2.08. The van der Waals surface area contributed by atoms with E-state index in [4.69, 9.17) is 18.9 Å². The average Bonchev–Trinajstić information content (AvgIpc) is 4.03. The molecule has 2 heterocycles. The monoisotopic (exact) mass is 582 g/mol. The molecule has 6 nitrogen and oxygen atoms in total. The molecule has 0 amide bonds. The molecule has 2 unspecified atom stereocenters. The summed E-state index contributed by atoms with van der Waals surface area (Å²) in [6.45, 7) is 2.67. The third kappa shape index (κ3) is 6.62. The Balaban J connectivity index is 0.996. The SMILES string of the molecule is O=C(c1ccc(-c2ccc(OCC3CO3)cc2)cc1)c1cccc(C(=O)c2ccc(-c3ccc(OCC4CO4)cc3)cc2)c1. The molecule has 0 radical (unpaired) electrons. The molecule has 2 atom stereocenters. The van der Waals surface area contributed by atoms with Crippen LogP contribution in [0.4, 0.5) is 0 Å². The lowest BCUT2D eigenvalue weighted by molar-refractivity contribution is 0.103. The summed E-state index contributed by atoms with van der Waals surface area (Å²) in [5.74, 6) is 1.34. The number of epoxide rings is 2. The molecule has 0 saturated carbocycles. The van der Waals surface area contributed by atoms with Crippen LogP contribution in [0.25, 0.3) is 22.3 Å². The molecule has 7 rings (SSSR count). The number of benzene rings is 5. The first-order valence-electron chi connectivity index (χ1n) is 14.7. The highest BCUT2D eigenvalue weighted by atomic mass is 16.6. The van der Waals surface area contributed by atoms with Crippen molar-refractivity contribution in [1.29, 1.82) is 0 Å². The summed E-state index contributed by atoms with van der Waals surface area (Å²) in [6, 6.07) is 37.7. The largest absolute Gasteiger partial charge is 0.491 e. The molecule has 2 saturated heterocycles. The van der Waals surface area contributed by atoms with Crippen LogP contribution in [0, 0.1) is 0 Å². The highest BCUT2D eigenvalue weighted by Gasteiger charge is 2.23. The first-order valence-corrected chi connectivity index (χ1v) is 14.7. The Kier molecular flexibility index (Phi) is 7.76. The molecule has 0 N–H and O–H groups in total. The normalized spacial score (nSPS) is 16.6. The van der Waals surface area contributed by atoms with E-state index in [1.807, 2.05) is 97.1 Å². The second-order valence-electron chi connectivity index (χ2n) is 11.0. The van der Waals surface area contributed by atoms with Gasteiger partial charge >= 0.3 is 0 Å². The van der Waals surface area contributed by atoms with Gasteiger partial charge in [-0.1, -0.05) is 91.0 Å². The number of ketones is 2. The maximum Gasteiger partial charge on any atom is 0.193 e. The van der Waals surface area contributed by atoms with Crippen LogP contribution in [0.3, 0.4) is 0 Å². The predicted molar refractivity (Wildman–Crippen MR) is 168 cm³/mol. The van der Waals surface area contributed by atoms with Gasteiger partial charge in [-0.3, -0.25) is 9.59 Å². The second-order valence-corrected chi connectivity index (χ2v) is 11.0. The Hall–Kier alpha value is -5.04. The van der Waals surface area contributed by atoms with Crippen molar-refractivity contribution in [2.24, 2.45) is 0 Å². The van der Waals surface area contributed by atoms with Crippen LogP contribution < -0.4 is 9.47 Å². The minimum absolute atomic E-state index is 0.135. The highest BCUT2D eigenvalue weighted by Crippen LogP contribution is 2.26. The molecule has 44 heavy (non-hydrogen) atoms. The standard InChI is InChI=1S/C38H30O6/c39-37(29-8-4-25(5-9-29)27-12-16-33(17-13-27)41-21-35-23-43-35)31-2-1-3-32(20-31)38(40)30-10-6-26(7-11-30)28-14-18-34(19-15-28)42-22-36-24-44-36/h1-20,35-36H,21-24H2. The van der Waals surface area contributed by atoms with Crippen molar-refractivity contribution < 1.29 is 28.5 Å². The quantitative estimate of drug-likeness (QED) is 0.116. The molecule has 0 bridgehead atoms. The Morgan fingerprint density at radius 2 is 0.841 bits per heavy atom. The number of carbonyl (C=O) groups excluding carboxylic acids is 2. The van der Waals surface area contributed by atoms with E-state index >= 15 is 0 Å². The van der Waals surface area contributed by atoms with E-state index in [2.05, 4.69) is 0 Å². The molecule has 2 aliphatic rings. The Morgan fingerprint density at radius 3 is 1.18 bits per heavy atom. The van der Waals surface area contributed by atoms with Crippen molar-refractivity contribution in [2.45, 2.75) is 12.2 Å². The third-order valence-electron chi connectivity index (χ3n) is 7.73. The van der Waals surface area contributed by atoms with Crippen molar-refractivity contribution >= 4 is 11.6 Å². The van der Waals surface area contributed by atoms with E-state index < -0.39 is 0 Å². The molecule has 0 spiro atoms. The number of ether oxygens (including phenoxy) is 4. The van der Waals surface area contributed by atoms with Gasteiger partial charge in [0.15, 0.2) is 11.6 Å². The number of hydrogen-bond donors (Lipinski definition) is 0. The fraction of sp³-hybridized carbons (Fsp3) is 0.158. The summed E-state index contributed by atoms with van der Waals surface area (Å²) in [4.78, 5) is 26.7. The van der Waals surface area contributed by atoms with Gasteiger partial charge in [-0.2, -0.15) is 0 Å². The summed E-state index contributed by atoms with van der Waals surface area (Å²) < 4.78 is 21.8. The van der Waals surface area contributed by atoms with E-state index in [1.54, 1.807) is 24.3 Å². The lowest BCUT2D eigenvalue weighted by atomic mass is 9.95. The fourth-order valence-corrected chi connectivity index (χ4v) is 4.96. The van der Waals surface area contributed by atoms with E-state index in [-0.39, 0.29) is 23.8 Å². The van der Waals surface area contributed by atoms with Gasteiger partial charge in [-0.05, 0) is 52.6 Å². The van der Waals surface area contributed by atoms with Crippen molar-refractivity contribution in [3.05, 3.63) is 144 Å². The minimum Gasteiger partial charge on any atom is -0.491 e. The summed E-state index contributed by atoms with van der Waals surface area (Å²) in [7, 11) is 0. The molecule has 0 aliphatic carbocycles. The fourth-order valence-electron chi connectivity index (χ4n) is 4.96. The Morgan fingerprint density at radius 1 is 0.500 bits per heavy atom. The highest BCUT2D eigenvalue weighted by molar-refractivity contribution is 6.13. The van der Waals surface area contributed by atoms with Crippen LogP contribution in [0.15, 0.2) is 121 Å². The van der Waals surface area contributed by atoms with Gasteiger partial charge in [0.2, 0.25) is 0 Å². The van der Waals surface area contributed by atoms with Crippen LogP contribution in [-0.2, 0) is 9.47 Å². The van der Waals surface area contributed by atoms with Gasteiger partial charge in [-0.15, -0.1) is 0 Å². The number of hydrogen-bond acceptors (Lipinski definition) is 6. The van der Waals surface area contributed by atoms with Crippen LogP contribution >= 0.6 is 0 Å². The Labute approximate surface area is 255 Å². The van der Waals surface area contributed by atoms with E-state index in [9.17, 15) is 9.59 Å². The molecular weight excluding hydrogens is 552 g/mol. The van der Waals surface area contributed by atoms with E-state index in [1.165, 1.54) is 0 Å². The van der Waals surface area contributed by atoms with Gasteiger partial charge in [0.25, 0.3) is 0 Å². The maximum atomic E-state index is 13.3. The third-order valence-corrected chi connectivity index (χ3v) is 7.73. The van der Waals surface area contributed by atoms with Crippen LogP contribution in [-0.4, -0.2) is 50.2 Å². The van der Waals surface area contributed by atoms with Gasteiger partial charge in [-0.25, -0.2) is 0 Å². The van der Waals surface area contributed by atoms with Crippen LogP contribution in [0.1, 0.15) is 31.8 Å². The molecule has 2 fully saturated rings. The minimum atomic E-state index is -0.135. The van der Waals surface area contributed by atoms with Crippen molar-refractivity contribution in [3.8, 4) is 33.8 Å².